The number of aliphatic imine (C=N–C) groups is 1. The molecule has 3 N–H and O–H groups in total. The van der Waals surface area contributed by atoms with Gasteiger partial charge in [0.1, 0.15) is 0 Å². The van der Waals surface area contributed by atoms with E-state index in [0.717, 1.165) is 17.3 Å². The maximum Gasteiger partial charge on any atom is 0.226 e. The van der Waals surface area contributed by atoms with Gasteiger partial charge in [-0.3, -0.25) is 9.79 Å². The third-order valence-corrected chi connectivity index (χ3v) is 4.94. The molecule has 8 heteroatoms. The summed E-state index contributed by atoms with van der Waals surface area (Å²) >= 11 is 0. The highest BCUT2D eigenvalue weighted by molar-refractivity contribution is 6.15. The van der Waals surface area contributed by atoms with Crippen molar-refractivity contribution in [1.29, 1.82) is 0 Å². The van der Waals surface area contributed by atoms with E-state index in [9.17, 15) is 9.90 Å². The van der Waals surface area contributed by atoms with Gasteiger partial charge in [-0.1, -0.05) is 0 Å². The molecule has 0 bridgehead atoms. The van der Waals surface area contributed by atoms with Gasteiger partial charge in [0.25, 0.3) is 0 Å². The van der Waals surface area contributed by atoms with Crippen LogP contribution in [0.4, 0.5) is 5.69 Å². The first-order valence-corrected chi connectivity index (χ1v) is 9.16. The molecule has 2 aromatic rings. The van der Waals surface area contributed by atoms with Gasteiger partial charge in [0, 0.05) is 17.7 Å². The number of anilines is 1. The highest BCUT2D eigenvalue weighted by Crippen LogP contribution is 2.38. The average molecular weight is 373 g/mol. The lowest BCUT2D eigenvalue weighted by Crippen LogP contribution is -2.19. The summed E-state index contributed by atoms with van der Waals surface area (Å²) in [6.07, 6.45) is 0.867. The Morgan fingerprint density at radius 1 is 1.33 bits per heavy atom. The minimum atomic E-state index is -0.260. The second kappa shape index (κ2) is 7.67. The lowest BCUT2D eigenvalue weighted by Gasteiger charge is -2.15. The number of aliphatic hydroxyl groups excluding tert-OH is 1. The largest absolute Gasteiger partial charge is 0.494 e. The van der Waals surface area contributed by atoms with Crippen LogP contribution >= 0.6 is 0 Å². The van der Waals surface area contributed by atoms with Gasteiger partial charge in [0.05, 0.1) is 62.2 Å². The number of aromatic nitrogens is 1. The van der Waals surface area contributed by atoms with Crippen molar-refractivity contribution in [1.82, 2.24) is 4.57 Å². The molecular formula is C19H23N3O5. The smallest absolute Gasteiger partial charge is 0.226 e. The second-order valence-corrected chi connectivity index (χ2v) is 6.72. The van der Waals surface area contributed by atoms with Gasteiger partial charge in [-0.2, -0.15) is 0 Å². The Morgan fingerprint density at radius 3 is 2.93 bits per heavy atom. The van der Waals surface area contributed by atoms with Crippen LogP contribution in [0.15, 0.2) is 23.2 Å². The van der Waals surface area contributed by atoms with Gasteiger partial charge >= 0.3 is 0 Å². The highest BCUT2D eigenvalue weighted by Gasteiger charge is 2.28. The molecule has 8 nitrogen and oxygen atoms in total. The summed E-state index contributed by atoms with van der Waals surface area (Å²) in [7, 11) is 0. The summed E-state index contributed by atoms with van der Waals surface area (Å²) in [5.41, 5.74) is 2.83. The van der Waals surface area contributed by atoms with Gasteiger partial charge in [-0.15, -0.1) is 0 Å². The number of ether oxygens (including phenoxy) is 2. The number of hydrogen-bond acceptors (Lipinski definition) is 6. The van der Waals surface area contributed by atoms with E-state index in [1.54, 1.807) is 6.07 Å². The Labute approximate surface area is 156 Å². The van der Waals surface area contributed by atoms with Crippen LogP contribution in [0.25, 0.3) is 10.9 Å². The van der Waals surface area contributed by atoms with Gasteiger partial charge in [-0.25, -0.2) is 0 Å². The first-order valence-electron chi connectivity index (χ1n) is 9.16. The number of fused-ring (bicyclic) bond motifs is 1. The van der Waals surface area contributed by atoms with Crippen LogP contribution in [-0.4, -0.2) is 66.0 Å². The monoisotopic (exact) mass is 373 g/mol. The number of carbonyl (C=O) groups is 1. The fourth-order valence-electron chi connectivity index (χ4n) is 3.69. The van der Waals surface area contributed by atoms with Crippen LogP contribution in [0.2, 0.25) is 0 Å². The number of amides is 1. The Bertz CT molecular complexity index is 883. The van der Waals surface area contributed by atoms with Crippen molar-refractivity contribution < 1.29 is 24.5 Å². The number of aromatic hydroxyl groups is 1. The van der Waals surface area contributed by atoms with Crippen molar-refractivity contribution in [3.05, 3.63) is 23.8 Å². The van der Waals surface area contributed by atoms with Gasteiger partial charge in [0.15, 0.2) is 0 Å². The molecule has 1 fully saturated rings. The third kappa shape index (κ3) is 3.43. The lowest BCUT2D eigenvalue weighted by atomic mass is 10.1. The van der Waals surface area contributed by atoms with E-state index in [1.165, 1.54) is 0 Å². The van der Waals surface area contributed by atoms with E-state index in [2.05, 4.69) is 10.3 Å². The van der Waals surface area contributed by atoms with Crippen molar-refractivity contribution in [2.24, 2.45) is 4.99 Å². The summed E-state index contributed by atoms with van der Waals surface area (Å²) in [5.74, 6) is -0.104. The molecule has 1 atom stereocenters. The molecule has 1 aromatic heterocycles. The minimum absolute atomic E-state index is 0.0388. The van der Waals surface area contributed by atoms with Gasteiger partial charge in [0.2, 0.25) is 11.8 Å². The molecule has 0 saturated carbocycles. The molecule has 144 valence electrons. The summed E-state index contributed by atoms with van der Waals surface area (Å²) < 4.78 is 12.9. The molecule has 2 aliphatic heterocycles. The fourth-order valence-corrected chi connectivity index (χ4v) is 3.69. The Balaban J connectivity index is 1.83. The first kappa shape index (κ1) is 18.0. The van der Waals surface area contributed by atoms with Crippen LogP contribution in [0.1, 0.15) is 24.4 Å². The van der Waals surface area contributed by atoms with Crippen LogP contribution < -0.4 is 5.32 Å². The highest BCUT2D eigenvalue weighted by atomic mass is 16.5. The molecule has 0 aliphatic carbocycles. The Hall–Kier alpha value is -2.42. The number of benzene rings is 1. The summed E-state index contributed by atoms with van der Waals surface area (Å²) in [6.45, 7) is 2.48. The molecule has 1 saturated heterocycles. The summed E-state index contributed by atoms with van der Waals surface area (Å²) in [5, 5.41) is 23.5. The zero-order valence-electron chi connectivity index (χ0n) is 15.0. The Kier molecular flexibility index (Phi) is 5.11. The number of hydrogen-bond donors (Lipinski definition) is 3. The SMILES string of the molecule is O=C(CCO)Nc1ccc2c(c1)c(C1=NCCOC1)c(O)n2C1CCOC1. The van der Waals surface area contributed by atoms with Crippen LogP contribution in [-0.2, 0) is 14.3 Å². The zero-order chi connectivity index (χ0) is 18.8. The molecule has 1 unspecified atom stereocenters. The van der Waals surface area contributed by atoms with Crippen LogP contribution in [0.5, 0.6) is 5.88 Å². The normalized spacial score (nSPS) is 20.0. The molecule has 2 aliphatic rings. The molecule has 3 heterocycles. The van der Waals surface area contributed by atoms with E-state index in [-0.39, 0.29) is 30.9 Å². The van der Waals surface area contributed by atoms with Gasteiger partial charge < -0.3 is 29.6 Å². The van der Waals surface area contributed by atoms with E-state index in [1.807, 2.05) is 16.7 Å². The standard InChI is InChI=1S/C19H23N3O5/c23-6-3-17(24)21-12-1-2-16-14(9-12)18(15-11-27-8-5-20-15)19(25)22(16)13-4-7-26-10-13/h1-2,9,13,23,25H,3-8,10-11H2,(H,21,24). The van der Waals surface area contributed by atoms with E-state index in [4.69, 9.17) is 14.6 Å². The zero-order valence-corrected chi connectivity index (χ0v) is 15.0. The maximum atomic E-state index is 11.8. The number of rotatable bonds is 5. The van der Waals surface area contributed by atoms with Crippen molar-refractivity contribution in [2.75, 3.05) is 44.9 Å². The van der Waals surface area contributed by atoms with Gasteiger partial charge in [-0.05, 0) is 24.6 Å². The third-order valence-electron chi connectivity index (χ3n) is 4.94. The number of aliphatic hydroxyl groups is 1. The van der Waals surface area contributed by atoms with E-state index >= 15 is 0 Å². The van der Waals surface area contributed by atoms with E-state index < -0.39 is 0 Å². The maximum absolute atomic E-state index is 11.8. The average Bonchev–Trinajstić information content (AvgIpc) is 3.27. The number of nitrogens with one attached hydrogen (secondary N) is 1. The number of nitrogens with zero attached hydrogens (tertiary/aromatic N) is 2. The van der Waals surface area contributed by atoms with Crippen molar-refractivity contribution in [2.45, 2.75) is 18.9 Å². The molecule has 27 heavy (non-hydrogen) atoms. The summed E-state index contributed by atoms with van der Waals surface area (Å²) in [4.78, 5) is 16.4. The quantitative estimate of drug-likeness (QED) is 0.736. The Morgan fingerprint density at radius 2 is 2.22 bits per heavy atom. The number of carbonyl (C=O) groups excluding carboxylic acids is 1. The topological polar surface area (TPSA) is 105 Å². The molecule has 0 spiro atoms. The molecule has 4 rings (SSSR count). The van der Waals surface area contributed by atoms with E-state index in [0.29, 0.717) is 49.9 Å². The predicted octanol–water partition coefficient (Wildman–Crippen LogP) is 1.45. The lowest BCUT2D eigenvalue weighted by molar-refractivity contribution is -0.116. The first-order chi connectivity index (χ1) is 13.2. The minimum Gasteiger partial charge on any atom is -0.494 e. The van der Waals surface area contributed by atoms with Crippen molar-refractivity contribution in [3.63, 3.8) is 0 Å². The van der Waals surface area contributed by atoms with Crippen molar-refractivity contribution in [3.8, 4) is 5.88 Å². The fraction of sp³-hybridized carbons (Fsp3) is 0.474. The molecule has 1 amide bonds. The van der Waals surface area contributed by atoms with Crippen molar-refractivity contribution >= 4 is 28.2 Å². The van der Waals surface area contributed by atoms with Crippen LogP contribution in [0, 0.1) is 0 Å². The second-order valence-electron chi connectivity index (χ2n) is 6.72. The summed E-state index contributed by atoms with van der Waals surface area (Å²) in [6, 6.07) is 5.58. The predicted molar refractivity (Wildman–Crippen MR) is 101 cm³/mol. The molecule has 1 aromatic carbocycles. The molecule has 0 radical (unpaired) electrons. The molecular weight excluding hydrogens is 350 g/mol. The van der Waals surface area contributed by atoms with Crippen LogP contribution in [0.3, 0.4) is 0 Å².